The Morgan fingerprint density at radius 1 is 1.26 bits per heavy atom. The van der Waals surface area contributed by atoms with Gasteiger partial charge < -0.3 is 19.3 Å². The molecular formula is C23H28N4O4. The van der Waals surface area contributed by atoms with Crippen molar-refractivity contribution >= 4 is 5.91 Å². The number of benzene rings is 1. The van der Waals surface area contributed by atoms with E-state index in [0.717, 1.165) is 19.5 Å². The van der Waals surface area contributed by atoms with Gasteiger partial charge in [0.1, 0.15) is 29.8 Å². The molecular weight excluding hydrogens is 396 g/mol. The molecule has 31 heavy (non-hydrogen) atoms. The number of nitriles is 1. The summed E-state index contributed by atoms with van der Waals surface area (Å²) < 4.78 is 10.8. The molecule has 1 aromatic heterocycles. The lowest BCUT2D eigenvalue weighted by Crippen LogP contribution is -2.55. The predicted octanol–water partition coefficient (Wildman–Crippen LogP) is 2.00. The molecule has 2 aliphatic rings. The number of aliphatic hydroxyl groups excluding tert-OH is 1. The number of aliphatic hydroxyl groups is 1. The minimum atomic E-state index is -0.602. The second-order valence-corrected chi connectivity index (χ2v) is 8.70. The monoisotopic (exact) mass is 424 g/mol. The van der Waals surface area contributed by atoms with Crippen molar-refractivity contribution in [1.29, 1.82) is 5.26 Å². The van der Waals surface area contributed by atoms with Gasteiger partial charge in [0.15, 0.2) is 0 Å². The van der Waals surface area contributed by atoms with Crippen molar-refractivity contribution in [1.82, 2.24) is 15.0 Å². The predicted molar refractivity (Wildman–Crippen MR) is 113 cm³/mol. The number of fused-ring (bicyclic) bond motifs is 2. The number of hydrogen-bond donors (Lipinski definition) is 1. The summed E-state index contributed by atoms with van der Waals surface area (Å²) in [5, 5.41) is 23.2. The van der Waals surface area contributed by atoms with Crippen LogP contribution in [0.4, 0.5) is 0 Å². The number of ether oxygens (including phenoxy) is 1. The van der Waals surface area contributed by atoms with Gasteiger partial charge in [-0.3, -0.25) is 9.69 Å². The summed E-state index contributed by atoms with van der Waals surface area (Å²) in [5.74, 6) is 2.01. The normalized spacial score (nSPS) is 22.1. The van der Waals surface area contributed by atoms with E-state index in [-0.39, 0.29) is 12.5 Å². The van der Waals surface area contributed by atoms with Gasteiger partial charge in [0, 0.05) is 32.7 Å². The molecule has 0 spiro atoms. The van der Waals surface area contributed by atoms with Crippen molar-refractivity contribution in [3.05, 3.63) is 46.8 Å². The van der Waals surface area contributed by atoms with E-state index in [9.17, 15) is 9.90 Å². The Morgan fingerprint density at radius 2 is 1.94 bits per heavy atom. The van der Waals surface area contributed by atoms with E-state index in [2.05, 4.69) is 16.1 Å². The molecule has 1 N–H and O–H groups in total. The minimum absolute atomic E-state index is 0.00949. The van der Waals surface area contributed by atoms with E-state index in [1.165, 1.54) is 0 Å². The third kappa shape index (κ3) is 4.89. The Labute approximate surface area is 182 Å². The molecule has 2 aromatic rings. The largest absolute Gasteiger partial charge is 0.491 e. The number of carbonyl (C=O) groups excluding carboxylic acids is 1. The van der Waals surface area contributed by atoms with E-state index < -0.39 is 6.10 Å². The van der Waals surface area contributed by atoms with Gasteiger partial charge in [0.2, 0.25) is 0 Å². The quantitative estimate of drug-likeness (QED) is 0.756. The molecule has 164 valence electrons. The van der Waals surface area contributed by atoms with Gasteiger partial charge in [-0.1, -0.05) is 5.16 Å². The number of rotatable bonds is 6. The third-order valence-electron chi connectivity index (χ3n) is 6.09. The average Bonchev–Trinajstić information content (AvgIpc) is 3.09. The Morgan fingerprint density at radius 3 is 2.52 bits per heavy atom. The van der Waals surface area contributed by atoms with Crippen LogP contribution in [0.3, 0.4) is 0 Å². The number of nitrogens with zero attached hydrogens (tertiary/aromatic N) is 4. The van der Waals surface area contributed by atoms with Crippen LogP contribution in [0.25, 0.3) is 0 Å². The molecule has 1 amide bonds. The Balaban J connectivity index is 1.28. The summed E-state index contributed by atoms with van der Waals surface area (Å²) in [7, 11) is 0. The molecule has 3 atom stereocenters. The Kier molecular flexibility index (Phi) is 6.25. The number of aromatic nitrogens is 1. The highest BCUT2D eigenvalue weighted by molar-refractivity contribution is 5.96. The molecule has 8 nitrogen and oxygen atoms in total. The summed E-state index contributed by atoms with van der Waals surface area (Å²) in [6.07, 6.45) is 0.509. The number of β-amino-alcohol motifs (C(OH)–C–C–N with tert-alkyl or cyclic N) is 1. The van der Waals surface area contributed by atoms with E-state index in [4.69, 9.17) is 14.5 Å². The fourth-order valence-electron chi connectivity index (χ4n) is 4.82. The van der Waals surface area contributed by atoms with Crippen LogP contribution in [-0.2, 0) is 0 Å². The number of hydrogen-bond acceptors (Lipinski definition) is 7. The van der Waals surface area contributed by atoms with Gasteiger partial charge in [-0.2, -0.15) is 5.26 Å². The molecule has 2 fully saturated rings. The lowest BCUT2D eigenvalue weighted by Gasteiger charge is -2.46. The highest BCUT2D eigenvalue weighted by atomic mass is 16.5. The highest BCUT2D eigenvalue weighted by Crippen LogP contribution is 2.30. The molecule has 0 radical (unpaired) electrons. The maximum atomic E-state index is 13.0. The lowest BCUT2D eigenvalue weighted by atomic mass is 9.84. The van der Waals surface area contributed by atoms with Crippen molar-refractivity contribution in [2.45, 2.75) is 26.4 Å². The molecule has 2 saturated heterocycles. The van der Waals surface area contributed by atoms with Crippen LogP contribution in [-0.4, -0.2) is 71.4 Å². The van der Waals surface area contributed by atoms with Crippen LogP contribution in [0.5, 0.6) is 5.75 Å². The summed E-state index contributed by atoms with van der Waals surface area (Å²) in [6, 6.07) is 8.94. The zero-order valence-corrected chi connectivity index (χ0v) is 18.0. The van der Waals surface area contributed by atoms with Crippen LogP contribution in [0.15, 0.2) is 28.8 Å². The highest BCUT2D eigenvalue weighted by Gasteiger charge is 2.37. The van der Waals surface area contributed by atoms with Gasteiger partial charge in [-0.15, -0.1) is 0 Å². The fourth-order valence-corrected chi connectivity index (χ4v) is 4.82. The van der Waals surface area contributed by atoms with Crippen molar-refractivity contribution < 1.29 is 19.2 Å². The van der Waals surface area contributed by atoms with E-state index in [1.807, 2.05) is 4.90 Å². The molecule has 0 aliphatic carbocycles. The molecule has 3 heterocycles. The zero-order chi connectivity index (χ0) is 22.0. The molecule has 2 bridgehead atoms. The Hall–Kier alpha value is -2.89. The van der Waals surface area contributed by atoms with Crippen LogP contribution in [0.2, 0.25) is 0 Å². The maximum absolute atomic E-state index is 13.0. The van der Waals surface area contributed by atoms with Crippen molar-refractivity contribution in [3.8, 4) is 11.8 Å². The van der Waals surface area contributed by atoms with E-state index >= 15 is 0 Å². The first kappa shape index (κ1) is 21.3. The summed E-state index contributed by atoms with van der Waals surface area (Å²) >= 11 is 0. The molecule has 4 rings (SSSR count). The summed E-state index contributed by atoms with van der Waals surface area (Å²) in [5.41, 5.74) is 1.81. The standard InChI is InChI=1S/C23H28N4O4/c1-15-22(16(2)31-25-15)23(29)27-11-18-7-19(12-27)10-26(9-18)13-20(28)14-30-21-5-3-17(8-24)4-6-21/h3-6,18-20,28H,7,9-14H2,1-2H3. The van der Waals surface area contributed by atoms with Gasteiger partial charge in [-0.25, -0.2) is 0 Å². The molecule has 2 aliphatic heterocycles. The van der Waals surface area contributed by atoms with Crippen molar-refractivity contribution in [2.75, 3.05) is 39.3 Å². The van der Waals surface area contributed by atoms with Crippen molar-refractivity contribution in [2.24, 2.45) is 11.8 Å². The second-order valence-electron chi connectivity index (χ2n) is 8.70. The SMILES string of the molecule is Cc1noc(C)c1C(=O)N1CC2CC(CN(CC(O)COc3ccc(C#N)cc3)C2)C1. The van der Waals surface area contributed by atoms with E-state index in [0.29, 0.717) is 59.8 Å². The number of piperidine rings is 2. The smallest absolute Gasteiger partial charge is 0.259 e. The van der Waals surface area contributed by atoms with Crippen LogP contribution in [0.1, 0.15) is 33.8 Å². The number of likely N-dealkylation sites (tertiary alicyclic amines) is 2. The maximum Gasteiger partial charge on any atom is 0.259 e. The molecule has 8 heteroatoms. The average molecular weight is 425 g/mol. The molecule has 0 saturated carbocycles. The van der Waals surface area contributed by atoms with Crippen LogP contribution >= 0.6 is 0 Å². The number of amides is 1. The van der Waals surface area contributed by atoms with Crippen LogP contribution < -0.4 is 4.74 Å². The Bertz CT molecular complexity index is 931. The number of carbonyl (C=O) groups is 1. The lowest BCUT2D eigenvalue weighted by molar-refractivity contribution is 0.00203. The minimum Gasteiger partial charge on any atom is -0.491 e. The topological polar surface area (TPSA) is 103 Å². The summed E-state index contributed by atoms with van der Waals surface area (Å²) in [4.78, 5) is 17.2. The molecule has 3 unspecified atom stereocenters. The van der Waals surface area contributed by atoms with Gasteiger partial charge in [-0.05, 0) is 56.4 Å². The van der Waals surface area contributed by atoms with E-state index in [1.54, 1.807) is 38.1 Å². The first-order valence-corrected chi connectivity index (χ1v) is 10.7. The fraction of sp³-hybridized carbons (Fsp3) is 0.522. The first-order chi connectivity index (χ1) is 14.9. The first-order valence-electron chi connectivity index (χ1n) is 10.7. The summed E-state index contributed by atoms with van der Waals surface area (Å²) in [6.45, 7) is 7.47. The zero-order valence-electron chi connectivity index (χ0n) is 18.0. The van der Waals surface area contributed by atoms with Gasteiger partial charge >= 0.3 is 0 Å². The van der Waals surface area contributed by atoms with Gasteiger partial charge in [0.25, 0.3) is 5.91 Å². The second kappa shape index (κ2) is 9.08. The third-order valence-corrected chi connectivity index (χ3v) is 6.09. The number of aryl methyl sites for hydroxylation is 2. The molecule has 1 aromatic carbocycles. The van der Waals surface area contributed by atoms with Gasteiger partial charge in [0.05, 0.1) is 17.3 Å². The van der Waals surface area contributed by atoms with Crippen LogP contribution in [0, 0.1) is 37.0 Å². The van der Waals surface area contributed by atoms with Crippen molar-refractivity contribution in [3.63, 3.8) is 0 Å².